The molecule has 0 heterocycles. The van der Waals surface area contributed by atoms with Crippen LogP contribution >= 0.6 is 23.2 Å². The third-order valence-electron chi connectivity index (χ3n) is 3.91. The molecule has 1 aliphatic carbocycles. The average Bonchev–Trinajstić information content (AvgIpc) is 3.17. The van der Waals surface area contributed by atoms with E-state index in [0.717, 1.165) is 19.3 Å². The molecule has 20 heavy (non-hydrogen) atoms. The zero-order valence-electron chi connectivity index (χ0n) is 11.1. The Morgan fingerprint density at radius 2 is 1.95 bits per heavy atom. The molecular formula is C13H17Cl2NO3S. The van der Waals surface area contributed by atoms with E-state index in [0.29, 0.717) is 12.1 Å². The van der Waals surface area contributed by atoms with Crippen LogP contribution < -0.4 is 4.72 Å². The molecule has 0 aromatic heterocycles. The Kier molecular flexibility index (Phi) is 4.66. The van der Waals surface area contributed by atoms with Crippen molar-refractivity contribution in [2.24, 2.45) is 5.41 Å². The molecule has 1 aromatic carbocycles. The molecule has 0 aliphatic heterocycles. The van der Waals surface area contributed by atoms with Crippen LogP contribution in [0.3, 0.4) is 0 Å². The van der Waals surface area contributed by atoms with E-state index in [-0.39, 0.29) is 27.0 Å². The van der Waals surface area contributed by atoms with Gasteiger partial charge in [-0.25, -0.2) is 13.1 Å². The summed E-state index contributed by atoms with van der Waals surface area (Å²) in [6.45, 7) is 2.14. The van der Waals surface area contributed by atoms with Crippen molar-refractivity contribution in [3.63, 3.8) is 0 Å². The average molecular weight is 338 g/mol. The molecule has 0 saturated heterocycles. The van der Waals surface area contributed by atoms with Gasteiger partial charge >= 0.3 is 0 Å². The summed E-state index contributed by atoms with van der Waals surface area (Å²) in [5.74, 6) is 0. The Labute approximate surface area is 129 Å². The first kappa shape index (κ1) is 16.0. The lowest BCUT2D eigenvalue weighted by Crippen LogP contribution is -2.30. The van der Waals surface area contributed by atoms with Crippen LogP contribution in [0.1, 0.15) is 31.7 Å². The number of sulfonamides is 1. The van der Waals surface area contributed by atoms with Gasteiger partial charge in [0.2, 0.25) is 10.0 Å². The van der Waals surface area contributed by atoms with Crippen LogP contribution in [0, 0.1) is 5.41 Å². The molecule has 1 aromatic rings. The lowest BCUT2D eigenvalue weighted by Gasteiger charge is -2.15. The Morgan fingerprint density at radius 3 is 2.45 bits per heavy atom. The number of benzene rings is 1. The first-order valence-corrected chi connectivity index (χ1v) is 8.66. The highest BCUT2D eigenvalue weighted by Crippen LogP contribution is 2.48. The first-order valence-electron chi connectivity index (χ1n) is 6.42. The molecule has 0 amide bonds. The summed E-state index contributed by atoms with van der Waals surface area (Å²) in [5.41, 5.74) is 0.444. The van der Waals surface area contributed by atoms with Crippen molar-refractivity contribution in [3.05, 3.63) is 27.7 Å². The fourth-order valence-corrected chi connectivity index (χ4v) is 4.07. The van der Waals surface area contributed by atoms with Crippen molar-refractivity contribution >= 4 is 33.2 Å². The largest absolute Gasteiger partial charge is 0.392 e. The van der Waals surface area contributed by atoms with Gasteiger partial charge in [0.15, 0.2) is 0 Å². The molecule has 1 fully saturated rings. The predicted octanol–water partition coefficient (Wildman–Crippen LogP) is 2.95. The van der Waals surface area contributed by atoms with Gasteiger partial charge in [-0.2, -0.15) is 0 Å². The van der Waals surface area contributed by atoms with E-state index in [2.05, 4.69) is 11.6 Å². The topological polar surface area (TPSA) is 66.4 Å². The number of aliphatic hydroxyl groups is 1. The van der Waals surface area contributed by atoms with Crippen LogP contribution in [-0.4, -0.2) is 20.1 Å². The van der Waals surface area contributed by atoms with E-state index in [9.17, 15) is 8.42 Å². The van der Waals surface area contributed by atoms with E-state index in [4.69, 9.17) is 28.3 Å². The minimum Gasteiger partial charge on any atom is -0.392 e. The lowest BCUT2D eigenvalue weighted by atomic mass is 10.1. The highest BCUT2D eigenvalue weighted by Gasteiger charge is 2.41. The van der Waals surface area contributed by atoms with Gasteiger partial charge in [-0.1, -0.05) is 30.1 Å². The molecule has 0 bridgehead atoms. The summed E-state index contributed by atoms with van der Waals surface area (Å²) in [4.78, 5) is -0.0421. The fraction of sp³-hybridized carbons (Fsp3) is 0.538. The Bertz CT molecular complexity index is 612. The van der Waals surface area contributed by atoms with E-state index < -0.39 is 10.0 Å². The second kappa shape index (κ2) is 5.81. The summed E-state index contributed by atoms with van der Waals surface area (Å²) < 4.78 is 27.2. The Hall–Kier alpha value is -0.330. The van der Waals surface area contributed by atoms with E-state index in [1.807, 2.05) is 0 Å². The molecule has 0 unspecified atom stereocenters. The van der Waals surface area contributed by atoms with Crippen molar-refractivity contribution in [1.82, 2.24) is 4.72 Å². The molecule has 0 radical (unpaired) electrons. The number of hydrogen-bond acceptors (Lipinski definition) is 3. The molecule has 0 spiro atoms. The normalized spacial score (nSPS) is 17.2. The van der Waals surface area contributed by atoms with Crippen molar-refractivity contribution in [2.75, 3.05) is 6.54 Å². The molecule has 2 rings (SSSR count). The molecule has 112 valence electrons. The smallest absolute Gasteiger partial charge is 0.242 e. The second-order valence-electron chi connectivity index (χ2n) is 5.21. The third-order valence-corrected chi connectivity index (χ3v) is 6.12. The quantitative estimate of drug-likeness (QED) is 0.838. The van der Waals surface area contributed by atoms with E-state index in [1.165, 1.54) is 12.1 Å². The molecule has 1 aliphatic rings. The van der Waals surface area contributed by atoms with Gasteiger partial charge in [0.1, 0.15) is 4.90 Å². The van der Waals surface area contributed by atoms with E-state index in [1.54, 1.807) is 0 Å². The van der Waals surface area contributed by atoms with Crippen molar-refractivity contribution in [2.45, 2.75) is 37.7 Å². The maximum absolute atomic E-state index is 12.3. The van der Waals surface area contributed by atoms with Gasteiger partial charge in [-0.05, 0) is 42.4 Å². The van der Waals surface area contributed by atoms with Crippen LogP contribution in [0.25, 0.3) is 0 Å². The monoisotopic (exact) mass is 337 g/mol. The maximum atomic E-state index is 12.3. The van der Waals surface area contributed by atoms with Crippen LogP contribution in [0.15, 0.2) is 17.0 Å². The standard InChI is InChI=1S/C13H17Cl2NO3S/c1-2-13(3-4-13)8-16-20(18,19)12-5-9(7-17)10(14)6-11(12)15/h5-6,16-17H,2-4,7-8H2,1H3. The van der Waals surface area contributed by atoms with Gasteiger partial charge < -0.3 is 5.11 Å². The molecule has 2 N–H and O–H groups in total. The maximum Gasteiger partial charge on any atom is 0.242 e. The van der Waals surface area contributed by atoms with Gasteiger partial charge in [0.05, 0.1) is 11.6 Å². The van der Waals surface area contributed by atoms with E-state index >= 15 is 0 Å². The summed E-state index contributed by atoms with van der Waals surface area (Å²) in [6.07, 6.45) is 3.04. The zero-order chi connectivity index (χ0) is 15.0. The number of halogens is 2. The minimum absolute atomic E-state index is 0.0421. The van der Waals surface area contributed by atoms with Crippen LogP contribution in [0.5, 0.6) is 0 Å². The van der Waals surface area contributed by atoms with Gasteiger partial charge in [-0.3, -0.25) is 0 Å². The summed E-state index contributed by atoms with van der Waals surface area (Å²) in [5, 5.41) is 9.47. The number of nitrogens with one attached hydrogen (secondary N) is 1. The predicted molar refractivity (Wildman–Crippen MR) is 79.5 cm³/mol. The van der Waals surface area contributed by atoms with Gasteiger partial charge in [-0.15, -0.1) is 0 Å². The number of rotatable bonds is 6. The molecule has 7 heteroatoms. The highest BCUT2D eigenvalue weighted by atomic mass is 35.5. The Balaban J connectivity index is 2.25. The van der Waals surface area contributed by atoms with Crippen molar-refractivity contribution in [3.8, 4) is 0 Å². The molecule has 4 nitrogen and oxygen atoms in total. The molecule has 1 saturated carbocycles. The summed E-state index contributed by atoms with van der Waals surface area (Å²) in [7, 11) is -3.70. The van der Waals surface area contributed by atoms with Crippen molar-refractivity contribution < 1.29 is 13.5 Å². The second-order valence-corrected chi connectivity index (χ2v) is 7.76. The highest BCUT2D eigenvalue weighted by molar-refractivity contribution is 7.89. The van der Waals surface area contributed by atoms with Crippen molar-refractivity contribution in [1.29, 1.82) is 0 Å². The Morgan fingerprint density at radius 1 is 1.30 bits per heavy atom. The minimum atomic E-state index is -3.70. The van der Waals surface area contributed by atoms with Crippen LogP contribution in [-0.2, 0) is 16.6 Å². The van der Waals surface area contributed by atoms with Crippen LogP contribution in [0.2, 0.25) is 10.0 Å². The summed E-state index contributed by atoms with van der Waals surface area (Å²) >= 11 is 11.8. The third kappa shape index (κ3) is 3.28. The number of hydrogen-bond donors (Lipinski definition) is 2. The SMILES string of the molecule is CCC1(CNS(=O)(=O)c2cc(CO)c(Cl)cc2Cl)CC1. The molecule has 0 atom stereocenters. The first-order chi connectivity index (χ1) is 9.33. The van der Waals surface area contributed by atoms with Gasteiger partial charge in [0, 0.05) is 11.6 Å². The fourth-order valence-electron chi connectivity index (χ4n) is 2.06. The zero-order valence-corrected chi connectivity index (χ0v) is 13.4. The summed E-state index contributed by atoms with van der Waals surface area (Å²) in [6, 6.07) is 2.66. The molecular weight excluding hydrogens is 321 g/mol. The van der Waals surface area contributed by atoms with Crippen LogP contribution in [0.4, 0.5) is 0 Å². The number of aliphatic hydroxyl groups excluding tert-OH is 1. The lowest BCUT2D eigenvalue weighted by molar-refractivity contribution is 0.281. The van der Waals surface area contributed by atoms with Gasteiger partial charge in [0.25, 0.3) is 0 Å².